The number of methoxy groups -OCH3 is 2. The van der Waals surface area contributed by atoms with Crippen molar-refractivity contribution in [2.45, 2.75) is 13.5 Å². The molecular formula is C21H20N2O4. The number of carbonyl (C=O) groups is 2. The molecule has 0 aliphatic carbocycles. The van der Waals surface area contributed by atoms with Crippen molar-refractivity contribution in [2.75, 3.05) is 14.2 Å². The van der Waals surface area contributed by atoms with Gasteiger partial charge < -0.3 is 14.4 Å². The summed E-state index contributed by atoms with van der Waals surface area (Å²) < 4.78 is 10.3. The van der Waals surface area contributed by atoms with Crippen molar-refractivity contribution in [2.24, 2.45) is 0 Å². The van der Waals surface area contributed by atoms with E-state index in [2.05, 4.69) is 4.98 Å². The maximum atomic E-state index is 13.1. The van der Waals surface area contributed by atoms with E-state index in [0.717, 1.165) is 5.56 Å². The molecule has 0 atom stereocenters. The van der Waals surface area contributed by atoms with Gasteiger partial charge in [-0.3, -0.25) is 9.78 Å². The Morgan fingerprint density at radius 2 is 1.96 bits per heavy atom. The molecule has 0 bridgehead atoms. The predicted octanol–water partition coefficient (Wildman–Crippen LogP) is 2.96. The van der Waals surface area contributed by atoms with Crippen LogP contribution in [-0.2, 0) is 20.9 Å². The number of aromatic nitrogens is 1. The van der Waals surface area contributed by atoms with Gasteiger partial charge in [0.25, 0.3) is 5.91 Å². The summed E-state index contributed by atoms with van der Waals surface area (Å²) >= 11 is 0. The SMILES string of the molecule is COC(=O)C1=C(C)N(Cc2cccnc2)C(=O)/C1=C\c1ccccc1OC. The first-order valence-corrected chi connectivity index (χ1v) is 8.42. The van der Waals surface area contributed by atoms with Gasteiger partial charge in [0, 0.05) is 23.7 Å². The van der Waals surface area contributed by atoms with Crippen LogP contribution in [0.3, 0.4) is 0 Å². The van der Waals surface area contributed by atoms with E-state index < -0.39 is 5.97 Å². The molecule has 0 spiro atoms. The molecule has 0 radical (unpaired) electrons. The monoisotopic (exact) mass is 364 g/mol. The van der Waals surface area contributed by atoms with Gasteiger partial charge in [-0.2, -0.15) is 0 Å². The van der Waals surface area contributed by atoms with Gasteiger partial charge in [0.15, 0.2) is 0 Å². The predicted molar refractivity (Wildman–Crippen MR) is 100 cm³/mol. The zero-order valence-corrected chi connectivity index (χ0v) is 15.4. The van der Waals surface area contributed by atoms with Crippen molar-refractivity contribution in [1.82, 2.24) is 9.88 Å². The lowest BCUT2D eigenvalue weighted by molar-refractivity contribution is -0.136. The third kappa shape index (κ3) is 3.60. The summed E-state index contributed by atoms with van der Waals surface area (Å²) in [7, 11) is 2.86. The molecule has 0 unspecified atom stereocenters. The summed E-state index contributed by atoms with van der Waals surface area (Å²) in [5.41, 5.74) is 2.68. The van der Waals surface area contributed by atoms with E-state index >= 15 is 0 Å². The summed E-state index contributed by atoms with van der Waals surface area (Å²) in [5, 5.41) is 0. The van der Waals surface area contributed by atoms with Gasteiger partial charge >= 0.3 is 5.97 Å². The molecule has 27 heavy (non-hydrogen) atoms. The highest BCUT2D eigenvalue weighted by molar-refractivity contribution is 6.16. The number of amides is 1. The molecule has 1 aliphatic rings. The molecule has 138 valence electrons. The van der Waals surface area contributed by atoms with Gasteiger partial charge in [0.05, 0.1) is 31.9 Å². The summed E-state index contributed by atoms with van der Waals surface area (Å²) in [4.78, 5) is 31.1. The molecule has 1 aliphatic heterocycles. The molecule has 1 amide bonds. The van der Waals surface area contributed by atoms with E-state index in [1.165, 1.54) is 7.11 Å². The minimum Gasteiger partial charge on any atom is -0.496 e. The van der Waals surface area contributed by atoms with Gasteiger partial charge in [0.2, 0.25) is 0 Å². The van der Waals surface area contributed by atoms with Crippen molar-refractivity contribution < 1.29 is 19.1 Å². The highest BCUT2D eigenvalue weighted by atomic mass is 16.5. The van der Waals surface area contributed by atoms with Gasteiger partial charge in [-0.1, -0.05) is 24.3 Å². The van der Waals surface area contributed by atoms with Crippen molar-refractivity contribution in [3.63, 3.8) is 0 Å². The fourth-order valence-electron chi connectivity index (χ4n) is 3.03. The second-order valence-corrected chi connectivity index (χ2v) is 6.00. The Morgan fingerprint density at radius 1 is 1.19 bits per heavy atom. The molecular weight excluding hydrogens is 344 g/mol. The average Bonchev–Trinajstić information content (AvgIpc) is 2.93. The lowest BCUT2D eigenvalue weighted by atomic mass is 10.0. The molecule has 1 aromatic heterocycles. The third-order valence-corrected chi connectivity index (χ3v) is 4.40. The van der Waals surface area contributed by atoms with Crippen LogP contribution < -0.4 is 4.74 Å². The Labute approximate surface area is 157 Å². The first kappa shape index (κ1) is 18.4. The van der Waals surface area contributed by atoms with Crippen LogP contribution >= 0.6 is 0 Å². The van der Waals surface area contributed by atoms with Crippen molar-refractivity contribution in [3.05, 3.63) is 76.8 Å². The number of rotatable bonds is 5. The van der Waals surface area contributed by atoms with Gasteiger partial charge in [-0.25, -0.2) is 4.79 Å². The van der Waals surface area contributed by atoms with E-state index in [1.54, 1.807) is 43.5 Å². The number of ether oxygens (including phenoxy) is 2. The van der Waals surface area contributed by atoms with Crippen molar-refractivity contribution >= 4 is 18.0 Å². The molecule has 3 rings (SSSR count). The number of pyridine rings is 1. The van der Waals surface area contributed by atoms with Crippen molar-refractivity contribution in [3.8, 4) is 5.75 Å². The zero-order valence-electron chi connectivity index (χ0n) is 15.4. The number of benzene rings is 1. The number of hydrogen-bond acceptors (Lipinski definition) is 5. The Balaban J connectivity index is 2.06. The second kappa shape index (κ2) is 7.86. The fraction of sp³-hybridized carbons (Fsp3) is 0.190. The van der Waals surface area contributed by atoms with Crippen LogP contribution in [0.4, 0.5) is 0 Å². The zero-order chi connectivity index (χ0) is 19.4. The van der Waals surface area contributed by atoms with E-state index in [0.29, 0.717) is 23.6 Å². The van der Waals surface area contributed by atoms with E-state index in [1.807, 2.05) is 30.3 Å². The minimum atomic E-state index is -0.546. The third-order valence-electron chi connectivity index (χ3n) is 4.40. The number of para-hydroxylation sites is 1. The van der Waals surface area contributed by atoms with Crippen LogP contribution in [0.15, 0.2) is 65.6 Å². The number of carbonyl (C=O) groups excluding carboxylic acids is 2. The Kier molecular flexibility index (Phi) is 5.35. The number of nitrogens with zero attached hydrogens (tertiary/aromatic N) is 2. The molecule has 0 fully saturated rings. The van der Waals surface area contributed by atoms with Crippen LogP contribution in [0.2, 0.25) is 0 Å². The smallest absolute Gasteiger partial charge is 0.340 e. The molecule has 0 saturated carbocycles. The number of hydrogen-bond donors (Lipinski definition) is 0. The van der Waals surface area contributed by atoms with E-state index in [9.17, 15) is 9.59 Å². The summed E-state index contributed by atoms with van der Waals surface area (Å²) in [6.07, 6.45) is 5.03. The molecule has 0 N–H and O–H groups in total. The maximum Gasteiger partial charge on any atom is 0.340 e. The largest absolute Gasteiger partial charge is 0.496 e. The number of allylic oxidation sites excluding steroid dienone is 1. The van der Waals surface area contributed by atoms with Crippen LogP contribution in [0.25, 0.3) is 6.08 Å². The summed E-state index contributed by atoms with van der Waals surface area (Å²) in [5.74, 6) is -0.191. The molecule has 0 saturated heterocycles. The normalized spacial score (nSPS) is 15.4. The Morgan fingerprint density at radius 3 is 2.63 bits per heavy atom. The first-order valence-electron chi connectivity index (χ1n) is 8.42. The van der Waals surface area contributed by atoms with E-state index in [-0.39, 0.29) is 17.1 Å². The highest BCUT2D eigenvalue weighted by Gasteiger charge is 2.37. The van der Waals surface area contributed by atoms with E-state index in [4.69, 9.17) is 9.47 Å². The van der Waals surface area contributed by atoms with Crippen LogP contribution in [0.1, 0.15) is 18.1 Å². The standard InChI is InChI=1S/C21H20N2O4/c1-14-19(21(25)27-3)17(11-16-8-4-5-9-18(16)26-2)20(24)23(14)13-15-7-6-10-22-12-15/h4-12H,13H2,1-3H3/b17-11-. The van der Waals surface area contributed by atoms with Crippen LogP contribution in [0, 0.1) is 0 Å². The van der Waals surface area contributed by atoms with Crippen molar-refractivity contribution in [1.29, 1.82) is 0 Å². The molecule has 2 heterocycles. The van der Waals surface area contributed by atoms with Crippen LogP contribution in [-0.4, -0.2) is 36.0 Å². The average molecular weight is 364 g/mol. The Bertz CT molecular complexity index is 932. The van der Waals surface area contributed by atoms with Gasteiger partial charge in [-0.15, -0.1) is 0 Å². The molecule has 1 aromatic carbocycles. The summed E-state index contributed by atoms with van der Waals surface area (Å²) in [6, 6.07) is 11.0. The maximum absolute atomic E-state index is 13.1. The molecule has 6 nitrogen and oxygen atoms in total. The lowest BCUT2D eigenvalue weighted by Crippen LogP contribution is -2.24. The quantitative estimate of drug-likeness (QED) is 0.603. The fourth-order valence-corrected chi connectivity index (χ4v) is 3.03. The Hall–Kier alpha value is -3.41. The highest BCUT2D eigenvalue weighted by Crippen LogP contribution is 2.34. The molecule has 6 heteroatoms. The first-order chi connectivity index (χ1) is 13.1. The minimum absolute atomic E-state index is 0.261. The number of esters is 1. The second-order valence-electron chi connectivity index (χ2n) is 6.00. The van der Waals surface area contributed by atoms with Crippen LogP contribution in [0.5, 0.6) is 5.75 Å². The summed E-state index contributed by atoms with van der Waals surface area (Å²) in [6.45, 7) is 2.06. The van der Waals surface area contributed by atoms with Gasteiger partial charge in [-0.05, 0) is 30.7 Å². The lowest BCUT2D eigenvalue weighted by Gasteiger charge is -2.17. The molecule has 2 aromatic rings. The van der Waals surface area contributed by atoms with Gasteiger partial charge in [0.1, 0.15) is 5.75 Å². The topological polar surface area (TPSA) is 68.7 Å².